The normalized spacial score (nSPS) is 11.3. The number of rotatable bonds is 8. The largest absolute Gasteiger partial charge is 2.00 e. The van der Waals surface area contributed by atoms with Gasteiger partial charge in [-0.1, -0.05) is 0 Å². The maximum atomic E-state index is 10.4. The minimum absolute atomic E-state index is 0. The zero-order chi connectivity index (χ0) is 14.7. The van der Waals surface area contributed by atoms with Crippen molar-refractivity contribution in [1.82, 2.24) is 0 Å². The molecule has 0 bridgehead atoms. The van der Waals surface area contributed by atoms with Crippen molar-refractivity contribution in [2.75, 3.05) is 26.4 Å². The number of phosphoric ester groups is 2. The van der Waals surface area contributed by atoms with Gasteiger partial charge in [0.05, 0.1) is 26.4 Å². The average Bonchev–Trinajstić information content (AvgIpc) is 2.17. The summed E-state index contributed by atoms with van der Waals surface area (Å²) in [5.41, 5.74) is 0. The summed E-state index contributed by atoms with van der Waals surface area (Å²) in [4.78, 5) is 20.8. The fraction of sp³-hybridized carbons (Fsp3) is 1.00. The van der Waals surface area contributed by atoms with Crippen LogP contribution in [0.15, 0.2) is 0 Å². The van der Waals surface area contributed by atoms with Crippen molar-refractivity contribution < 1.29 is 54.1 Å². The number of phosphoric acid groups is 2. The molecule has 118 valence electrons. The van der Waals surface area contributed by atoms with E-state index >= 15 is 0 Å². The summed E-state index contributed by atoms with van der Waals surface area (Å²) in [6.07, 6.45) is 0. The molecular weight excluding hydrogens is 342 g/mol. The first-order valence-electron chi connectivity index (χ1n) is 5.44. The third-order valence-electron chi connectivity index (χ3n) is 1.15. The molecule has 0 aliphatic rings. The van der Waals surface area contributed by atoms with Gasteiger partial charge >= 0.3 is 17.1 Å². The van der Waals surface area contributed by atoms with Gasteiger partial charge in [-0.05, 0) is 27.7 Å². The van der Waals surface area contributed by atoms with Crippen LogP contribution in [0.5, 0.6) is 0 Å². The van der Waals surface area contributed by atoms with Gasteiger partial charge in [-0.3, -0.25) is 9.13 Å². The summed E-state index contributed by atoms with van der Waals surface area (Å²) in [6.45, 7) is 6.85. The van der Waals surface area contributed by atoms with Crippen molar-refractivity contribution >= 4 is 15.6 Å². The van der Waals surface area contributed by atoms with Crippen molar-refractivity contribution in [3.63, 3.8) is 0 Å². The molecule has 0 amide bonds. The molecule has 8 nitrogen and oxygen atoms in total. The van der Waals surface area contributed by atoms with Crippen LogP contribution in [0.4, 0.5) is 0 Å². The van der Waals surface area contributed by atoms with Crippen molar-refractivity contribution in [2.45, 2.75) is 27.7 Å². The predicted octanol–water partition coefficient (Wildman–Crippen LogP) is 1.05. The zero-order valence-corrected chi connectivity index (χ0v) is 14.2. The number of hydrogen-bond acceptors (Lipinski definition) is 8. The van der Waals surface area contributed by atoms with Gasteiger partial charge in [-0.2, -0.15) is 0 Å². The van der Waals surface area contributed by atoms with E-state index in [-0.39, 0.29) is 43.5 Å². The first kappa shape index (κ1) is 24.7. The Morgan fingerprint density at radius 1 is 0.684 bits per heavy atom. The van der Waals surface area contributed by atoms with Crippen LogP contribution >= 0.6 is 15.6 Å². The summed E-state index contributed by atoms with van der Waals surface area (Å²) >= 11 is 0. The van der Waals surface area contributed by atoms with Crippen LogP contribution in [0, 0.1) is 0 Å². The second-order valence-corrected chi connectivity index (χ2v) is 5.39. The standard InChI is InChI=1S/2C4H11O4P.Fe/c2*1-3-7-9(5,6)8-4-2;/h2*3-4H2,1-2H3,(H,5,6);/q;;+2/p-2. The SMILES string of the molecule is CCOP(=O)([O-])OCC.CCOP(=O)([O-])OCC.[Fe+2]. The first-order chi connectivity index (χ1) is 8.24. The van der Waals surface area contributed by atoms with E-state index in [4.69, 9.17) is 0 Å². The molecule has 0 saturated carbocycles. The molecule has 0 saturated heterocycles. The molecule has 0 spiro atoms. The first-order valence-corrected chi connectivity index (χ1v) is 8.36. The van der Waals surface area contributed by atoms with E-state index in [0.717, 1.165) is 0 Å². The van der Waals surface area contributed by atoms with Crippen LogP contribution in [-0.2, 0) is 44.3 Å². The Morgan fingerprint density at radius 2 is 0.842 bits per heavy atom. The second kappa shape index (κ2) is 13.7. The molecule has 0 aliphatic carbocycles. The molecule has 0 radical (unpaired) electrons. The molecule has 0 heterocycles. The van der Waals surface area contributed by atoms with E-state index in [2.05, 4.69) is 18.1 Å². The van der Waals surface area contributed by atoms with Crippen LogP contribution in [0.2, 0.25) is 0 Å². The Kier molecular flexibility index (Phi) is 17.9. The predicted molar refractivity (Wildman–Crippen MR) is 61.7 cm³/mol. The average molecular weight is 362 g/mol. The van der Waals surface area contributed by atoms with Gasteiger partial charge in [0.2, 0.25) is 0 Å². The van der Waals surface area contributed by atoms with Crippen LogP contribution in [0.1, 0.15) is 27.7 Å². The Labute approximate surface area is 124 Å². The van der Waals surface area contributed by atoms with Gasteiger partial charge < -0.3 is 27.9 Å². The van der Waals surface area contributed by atoms with Crippen molar-refractivity contribution in [3.05, 3.63) is 0 Å². The van der Waals surface area contributed by atoms with Gasteiger partial charge in [0.1, 0.15) is 0 Å². The molecule has 0 aromatic rings. The summed E-state index contributed by atoms with van der Waals surface area (Å²) in [5.74, 6) is 0. The summed E-state index contributed by atoms with van der Waals surface area (Å²) in [6, 6.07) is 0. The molecule has 11 heteroatoms. The second-order valence-electron chi connectivity index (χ2n) is 2.57. The van der Waals surface area contributed by atoms with Gasteiger partial charge in [-0.25, -0.2) is 0 Å². The van der Waals surface area contributed by atoms with Gasteiger partial charge in [0.15, 0.2) is 0 Å². The van der Waals surface area contributed by atoms with Gasteiger partial charge in [0.25, 0.3) is 15.6 Å². The van der Waals surface area contributed by atoms with Crippen LogP contribution in [-0.4, -0.2) is 26.4 Å². The Morgan fingerprint density at radius 3 is 0.947 bits per heavy atom. The molecule has 0 aromatic carbocycles. The molecule has 0 aromatic heterocycles. The summed E-state index contributed by atoms with van der Waals surface area (Å²) in [5, 5.41) is 0. The van der Waals surface area contributed by atoms with Gasteiger partial charge in [-0.15, -0.1) is 0 Å². The van der Waals surface area contributed by atoms with Crippen LogP contribution < -0.4 is 9.79 Å². The molecule has 0 rings (SSSR count). The number of hydrogen-bond donors (Lipinski definition) is 0. The minimum atomic E-state index is -3.94. The van der Waals surface area contributed by atoms with E-state index in [0.29, 0.717) is 0 Å². The Balaban J connectivity index is -0.000000256. The minimum Gasteiger partial charge on any atom is -0.756 e. The topological polar surface area (TPSA) is 117 Å². The smallest absolute Gasteiger partial charge is 0.756 e. The van der Waals surface area contributed by atoms with Crippen molar-refractivity contribution in [1.29, 1.82) is 0 Å². The summed E-state index contributed by atoms with van der Waals surface area (Å²) < 4.78 is 37.8. The maximum absolute atomic E-state index is 10.4. The Hall–Kier alpha value is 0.739. The quantitative estimate of drug-likeness (QED) is 0.465. The maximum Gasteiger partial charge on any atom is 2.00 e. The zero-order valence-electron chi connectivity index (χ0n) is 11.3. The molecule has 0 aliphatic heterocycles. The molecular formula is C8H20FeO8P2. The van der Waals surface area contributed by atoms with Crippen LogP contribution in [0.25, 0.3) is 0 Å². The third kappa shape index (κ3) is 18.7. The van der Waals surface area contributed by atoms with E-state index < -0.39 is 15.6 Å². The van der Waals surface area contributed by atoms with Crippen molar-refractivity contribution in [3.8, 4) is 0 Å². The molecule has 19 heavy (non-hydrogen) atoms. The van der Waals surface area contributed by atoms with E-state index in [1.807, 2.05) is 0 Å². The summed E-state index contributed by atoms with van der Waals surface area (Å²) in [7, 11) is -7.89. The fourth-order valence-electron chi connectivity index (χ4n) is 0.707. The molecule has 0 atom stereocenters. The molecule has 0 N–H and O–H groups in total. The van der Waals surface area contributed by atoms with E-state index in [9.17, 15) is 18.9 Å². The third-order valence-corrected chi connectivity index (χ3v) is 3.45. The van der Waals surface area contributed by atoms with E-state index in [1.54, 1.807) is 27.7 Å². The van der Waals surface area contributed by atoms with Crippen LogP contribution in [0.3, 0.4) is 0 Å². The molecule has 0 fully saturated rings. The van der Waals surface area contributed by atoms with Crippen molar-refractivity contribution in [2.24, 2.45) is 0 Å². The Bertz CT molecular complexity index is 240. The molecule has 0 unspecified atom stereocenters. The van der Waals surface area contributed by atoms with Gasteiger partial charge in [0, 0.05) is 0 Å². The fourth-order valence-corrected chi connectivity index (χ4v) is 2.12. The van der Waals surface area contributed by atoms with E-state index in [1.165, 1.54) is 0 Å². The monoisotopic (exact) mass is 362 g/mol.